The summed E-state index contributed by atoms with van der Waals surface area (Å²) in [6.45, 7) is 18.0. The summed E-state index contributed by atoms with van der Waals surface area (Å²) in [6.07, 6.45) is 1.54. The molecule has 18 unspecified atom stereocenters. The maximum atomic E-state index is 13.9. The Kier molecular flexibility index (Phi) is 19.5. The first-order valence-electron chi connectivity index (χ1n) is 21.1. The van der Waals surface area contributed by atoms with Crippen LogP contribution in [0.2, 0.25) is 0 Å². The fourth-order valence-electron chi connectivity index (χ4n) is 8.64. The summed E-state index contributed by atoms with van der Waals surface area (Å²) < 4.78 is 41.3. The van der Waals surface area contributed by atoms with Gasteiger partial charge in [-0.1, -0.05) is 89.1 Å². The number of rotatable bonds is 10. The van der Waals surface area contributed by atoms with Crippen molar-refractivity contribution in [2.75, 3.05) is 14.2 Å². The first-order valence-corrected chi connectivity index (χ1v) is 21.1. The van der Waals surface area contributed by atoms with Crippen LogP contribution in [0.1, 0.15) is 88.5 Å². The Labute approximate surface area is 356 Å². The third-order valence-electron chi connectivity index (χ3n) is 12.5. The van der Waals surface area contributed by atoms with E-state index >= 15 is 0 Å². The van der Waals surface area contributed by atoms with E-state index in [1.165, 1.54) is 20.3 Å². The van der Waals surface area contributed by atoms with Crippen molar-refractivity contribution in [2.24, 2.45) is 41.2 Å². The van der Waals surface area contributed by atoms with E-state index in [1.54, 1.807) is 58.1 Å². The number of hydrogen-bond acceptors (Lipinski definition) is 14. The van der Waals surface area contributed by atoms with E-state index in [4.69, 9.17) is 38.9 Å². The van der Waals surface area contributed by atoms with Crippen LogP contribution in [0.25, 0.3) is 0 Å². The van der Waals surface area contributed by atoms with Crippen LogP contribution < -0.4 is 5.73 Å². The summed E-state index contributed by atoms with van der Waals surface area (Å²) in [4.78, 5) is 25.3. The smallest absolute Gasteiger partial charge is 0.404 e. The molecule has 2 saturated heterocycles. The number of methoxy groups -OCH3 is 2. The largest absolute Gasteiger partial charge is 0.490 e. The monoisotopic (exact) mass is 852 g/mol. The molecule has 3 heterocycles. The molecular weight excluding hydrogens is 778 g/mol. The Morgan fingerprint density at radius 1 is 1.05 bits per heavy atom. The molecule has 60 heavy (non-hydrogen) atoms. The van der Waals surface area contributed by atoms with Gasteiger partial charge < -0.3 is 64.4 Å². The number of primary amides is 1. The summed E-state index contributed by atoms with van der Waals surface area (Å²) in [5, 5.41) is 57.6. The number of nitrogens with two attached hydrogens (primary N) is 1. The summed E-state index contributed by atoms with van der Waals surface area (Å²) in [7, 11) is 2.80. The number of carbonyl (C=O) groups is 2. The maximum Gasteiger partial charge on any atom is 0.404 e. The summed E-state index contributed by atoms with van der Waals surface area (Å²) >= 11 is 0. The van der Waals surface area contributed by atoms with Gasteiger partial charge in [0.15, 0.2) is 18.2 Å². The third-order valence-corrected chi connectivity index (χ3v) is 12.5. The van der Waals surface area contributed by atoms with Gasteiger partial charge in [0.2, 0.25) is 5.76 Å². The van der Waals surface area contributed by atoms with Crippen LogP contribution in [0, 0.1) is 35.5 Å². The fourth-order valence-corrected chi connectivity index (χ4v) is 8.64. The van der Waals surface area contributed by atoms with E-state index in [-0.39, 0.29) is 36.4 Å². The predicted molar refractivity (Wildman–Crippen MR) is 224 cm³/mol. The number of amides is 1. The van der Waals surface area contributed by atoms with Crippen molar-refractivity contribution in [3.05, 3.63) is 59.4 Å². The summed E-state index contributed by atoms with van der Waals surface area (Å²) in [5.41, 5.74) is 6.76. The summed E-state index contributed by atoms with van der Waals surface area (Å²) in [5.74, 6) is -6.06. The average Bonchev–Trinajstić information content (AvgIpc) is 3.18. The molecule has 0 saturated carbocycles. The topological polar surface area (TPSA) is 226 Å². The van der Waals surface area contributed by atoms with Crippen LogP contribution in [0.4, 0.5) is 4.79 Å². The average molecular weight is 852 g/mol. The highest BCUT2D eigenvalue weighted by molar-refractivity contribution is 5.87. The van der Waals surface area contributed by atoms with E-state index in [1.807, 2.05) is 47.6 Å². The second-order valence-corrected chi connectivity index (χ2v) is 17.3. The number of ether oxygens (including phenoxy) is 7. The summed E-state index contributed by atoms with van der Waals surface area (Å²) in [6, 6.07) is 0. The zero-order valence-corrected chi connectivity index (χ0v) is 37.5. The van der Waals surface area contributed by atoms with Gasteiger partial charge in [-0.2, -0.15) is 0 Å². The number of allylic oxidation sites excluding steroid dienone is 6. The minimum absolute atomic E-state index is 0.0314. The van der Waals surface area contributed by atoms with Gasteiger partial charge in [0, 0.05) is 49.5 Å². The van der Waals surface area contributed by atoms with Gasteiger partial charge in [-0.25, -0.2) is 9.59 Å². The lowest BCUT2D eigenvalue weighted by atomic mass is 9.77. The van der Waals surface area contributed by atoms with E-state index in [9.17, 15) is 35.1 Å². The zero-order chi connectivity index (χ0) is 45.2. The lowest BCUT2D eigenvalue weighted by molar-refractivity contribution is -0.338. The molecule has 3 aliphatic heterocycles. The molecule has 15 nitrogen and oxygen atoms in total. The fraction of sp³-hybridized carbons (Fsp3) is 0.733. The Morgan fingerprint density at radius 3 is 2.30 bits per heavy atom. The number of aliphatic hydroxyl groups is 5. The lowest BCUT2D eigenvalue weighted by Crippen LogP contribution is -2.59. The molecule has 0 aromatic rings. The van der Waals surface area contributed by atoms with Gasteiger partial charge in [-0.15, -0.1) is 0 Å². The molecule has 1 amide bonds. The third kappa shape index (κ3) is 13.2. The van der Waals surface area contributed by atoms with E-state index in [0.29, 0.717) is 12.0 Å². The standard InChI is InChI=1S/C45H73NO14/c1-13-15-33-27(6)36(57-37-21-32(47)42(31(10)56-37)59-44(46)52)22-45(53,60-33)30(9)40(50)29(8)41-34(54-11)17-14-16-23(2)18-25(4)38(48)28(7)39(49)26(5)19-24(3)20-35(55-12)43(51)58-41/h13-17,19-20,25-34,36-42,47-50,53H,18,21-22H2,1-12H3,(H2,46,52)/b15-13+,17-14?,23-16?,24-19?,35-20?. The van der Waals surface area contributed by atoms with Gasteiger partial charge in [0.1, 0.15) is 12.2 Å². The molecule has 18 atom stereocenters. The van der Waals surface area contributed by atoms with Gasteiger partial charge in [-0.05, 0) is 46.1 Å². The van der Waals surface area contributed by atoms with Crippen molar-refractivity contribution >= 4 is 12.1 Å². The van der Waals surface area contributed by atoms with Crippen molar-refractivity contribution in [2.45, 2.75) is 162 Å². The number of cyclic esters (lactones) is 1. The minimum atomic E-state index is -1.97. The van der Waals surface area contributed by atoms with Gasteiger partial charge in [-0.3, -0.25) is 0 Å². The molecule has 3 rings (SSSR count). The minimum Gasteiger partial charge on any atom is -0.490 e. The van der Waals surface area contributed by atoms with Crippen molar-refractivity contribution in [1.29, 1.82) is 0 Å². The number of hydrogen-bond donors (Lipinski definition) is 6. The Morgan fingerprint density at radius 2 is 1.72 bits per heavy atom. The Hall–Kier alpha value is -3.12. The molecule has 0 aromatic carbocycles. The van der Waals surface area contributed by atoms with Crippen molar-refractivity contribution in [3.8, 4) is 0 Å². The van der Waals surface area contributed by atoms with Crippen LogP contribution in [0.5, 0.6) is 0 Å². The molecule has 0 aliphatic carbocycles. The second kappa shape index (κ2) is 22.8. The highest BCUT2D eigenvalue weighted by Gasteiger charge is 2.52. The molecule has 0 spiro atoms. The zero-order valence-electron chi connectivity index (χ0n) is 37.5. The number of aliphatic hydroxyl groups excluding tert-OH is 4. The molecule has 2 fully saturated rings. The van der Waals surface area contributed by atoms with E-state index in [2.05, 4.69) is 0 Å². The molecule has 3 aliphatic rings. The van der Waals surface area contributed by atoms with Crippen LogP contribution in [-0.2, 0) is 38.0 Å². The normalized spacial score (nSPS) is 39.5. The molecule has 0 radical (unpaired) electrons. The molecular formula is C45H73NO14. The number of carbonyl (C=O) groups excluding carboxylic acids is 2. The second-order valence-electron chi connectivity index (χ2n) is 17.3. The van der Waals surface area contributed by atoms with Gasteiger partial charge in [0.05, 0.1) is 49.8 Å². The SMILES string of the molecule is C/C=C/C1OC(O)(C(C)C(O)C(C)C2OC(=O)C(OC)=CC(C)=CC(C)C(O)C(C)C(O)C(C)CC(C)=CC=CC2OC)CC(OC2CC(O)C(OC(N)=O)C(C)O2)C1C. The van der Waals surface area contributed by atoms with Crippen LogP contribution in [0.15, 0.2) is 59.4 Å². The van der Waals surface area contributed by atoms with Gasteiger partial charge >= 0.3 is 12.1 Å². The highest BCUT2D eigenvalue weighted by Crippen LogP contribution is 2.42. The molecule has 0 aromatic heterocycles. The van der Waals surface area contributed by atoms with Crippen LogP contribution in [-0.4, -0.2) is 125 Å². The molecule has 0 bridgehead atoms. The highest BCUT2D eigenvalue weighted by atomic mass is 16.7. The maximum absolute atomic E-state index is 13.9. The predicted octanol–water partition coefficient (Wildman–Crippen LogP) is 4.59. The van der Waals surface area contributed by atoms with Crippen molar-refractivity contribution in [3.63, 3.8) is 0 Å². The van der Waals surface area contributed by atoms with E-state index in [0.717, 1.165) is 5.57 Å². The lowest BCUT2D eigenvalue weighted by Gasteiger charge is -2.49. The Balaban J connectivity index is 1.99. The molecule has 7 N–H and O–H groups in total. The van der Waals surface area contributed by atoms with E-state index < -0.39 is 103 Å². The first-order chi connectivity index (χ1) is 28.1. The Bertz CT molecular complexity index is 1550. The van der Waals surface area contributed by atoms with Crippen molar-refractivity contribution < 1.29 is 68.3 Å². The number of esters is 1. The van der Waals surface area contributed by atoms with Crippen molar-refractivity contribution in [1.82, 2.24) is 0 Å². The molecule has 15 heteroatoms. The van der Waals surface area contributed by atoms with Crippen LogP contribution >= 0.6 is 0 Å². The van der Waals surface area contributed by atoms with Crippen LogP contribution in [0.3, 0.4) is 0 Å². The van der Waals surface area contributed by atoms with Gasteiger partial charge in [0.25, 0.3) is 0 Å². The quantitative estimate of drug-likeness (QED) is 0.131. The molecule has 342 valence electrons. The first kappa shape index (κ1) is 51.2.